The first-order valence-corrected chi connectivity index (χ1v) is 7.87. The van der Waals surface area contributed by atoms with Crippen molar-refractivity contribution >= 4 is 16.9 Å². The third-order valence-electron chi connectivity index (χ3n) is 4.25. The summed E-state index contributed by atoms with van der Waals surface area (Å²) in [6, 6.07) is 2.18. The predicted octanol–water partition coefficient (Wildman–Crippen LogP) is 1.79. The van der Waals surface area contributed by atoms with Crippen molar-refractivity contribution in [3.63, 3.8) is 0 Å². The molecule has 6 heteroatoms. The van der Waals surface area contributed by atoms with Crippen molar-refractivity contribution in [3.8, 4) is 0 Å². The first-order chi connectivity index (χ1) is 10.5. The Morgan fingerprint density at radius 3 is 2.82 bits per heavy atom. The fraction of sp³-hybridized carbons (Fsp3) is 0.562. The monoisotopic (exact) mass is 301 g/mol. The molecule has 1 aliphatic carbocycles. The van der Waals surface area contributed by atoms with Gasteiger partial charge in [0.25, 0.3) is 5.91 Å². The van der Waals surface area contributed by atoms with E-state index in [-0.39, 0.29) is 18.0 Å². The molecule has 1 unspecified atom stereocenters. The van der Waals surface area contributed by atoms with E-state index in [4.69, 9.17) is 5.73 Å². The Morgan fingerprint density at radius 1 is 1.50 bits per heavy atom. The van der Waals surface area contributed by atoms with Crippen LogP contribution in [0.2, 0.25) is 0 Å². The number of nitrogens with one attached hydrogen (secondary N) is 1. The second-order valence-electron chi connectivity index (χ2n) is 6.37. The van der Waals surface area contributed by atoms with Crippen LogP contribution in [0.15, 0.2) is 12.3 Å². The quantitative estimate of drug-likeness (QED) is 0.881. The summed E-state index contributed by atoms with van der Waals surface area (Å²) in [5, 5.41) is 8.29. The number of carbonyl (C=O) groups is 1. The van der Waals surface area contributed by atoms with Crippen molar-refractivity contribution in [1.29, 1.82) is 0 Å². The second kappa shape index (κ2) is 5.68. The Balaban J connectivity index is 1.90. The van der Waals surface area contributed by atoms with Crippen LogP contribution in [0.5, 0.6) is 0 Å². The van der Waals surface area contributed by atoms with Gasteiger partial charge in [-0.05, 0) is 45.6 Å². The molecular weight excluding hydrogens is 278 g/mol. The number of hydrogen-bond acceptors (Lipinski definition) is 4. The Labute approximate surface area is 130 Å². The van der Waals surface area contributed by atoms with Crippen molar-refractivity contribution in [2.24, 2.45) is 11.7 Å². The first-order valence-electron chi connectivity index (χ1n) is 7.87. The number of carbonyl (C=O) groups excluding carboxylic acids is 1. The molecule has 6 nitrogen and oxygen atoms in total. The lowest BCUT2D eigenvalue weighted by Gasteiger charge is -2.17. The molecule has 2 aromatic rings. The molecule has 0 aromatic carbocycles. The maximum Gasteiger partial charge on any atom is 0.253 e. The molecule has 0 saturated heterocycles. The van der Waals surface area contributed by atoms with Gasteiger partial charge in [-0.1, -0.05) is 0 Å². The van der Waals surface area contributed by atoms with E-state index in [1.807, 2.05) is 17.7 Å². The van der Waals surface area contributed by atoms with Crippen LogP contribution in [0, 0.1) is 12.8 Å². The third-order valence-corrected chi connectivity index (χ3v) is 4.25. The van der Waals surface area contributed by atoms with Gasteiger partial charge in [0, 0.05) is 24.0 Å². The lowest BCUT2D eigenvalue weighted by atomic mass is 10.1. The van der Waals surface area contributed by atoms with E-state index in [2.05, 4.69) is 29.2 Å². The summed E-state index contributed by atoms with van der Waals surface area (Å²) in [4.78, 5) is 17.1. The summed E-state index contributed by atoms with van der Waals surface area (Å²) in [7, 11) is 0. The number of nitrogens with two attached hydrogens (primary N) is 1. The van der Waals surface area contributed by atoms with Gasteiger partial charge >= 0.3 is 0 Å². The second-order valence-corrected chi connectivity index (χ2v) is 6.37. The summed E-state index contributed by atoms with van der Waals surface area (Å²) in [5.41, 5.74) is 7.91. The van der Waals surface area contributed by atoms with Crippen LogP contribution in [-0.4, -0.2) is 33.3 Å². The van der Waals surface area contributed by atoms with Crippen LogP contribution in [0.4, 0.5) is 0 Å². The van der Waals surface area contributed by atoms with E-state index >= 15 is 0 Å². The first kappa shape index (κ1) is 15.0. The lowest BCUT2D eigenvalue weighted by Crippen LogP contribution is -2.42. The Bertz CT molecular complexity index is 702. The van der Waals surface area contributed by atoms with Crippen molar-refractivity contribution < 1.29 is 4.79 Å². The molecule has 2 aromatic heterocycles. The van der Waals surface area contributed by atoms with E-state index in [9.17, 15) is 4.79 Å². The van der Waals surface area contributed by atoms with Crippen molar-refractivity contribution in [2.45, 2.75) is 45.7 Å². The normalized spacial score (nSPS) is 16.2. The molecule has 0 radical (unpaired) electrons. The molecule has 0 aliphatic heterocycles. The molecular formula is C16H23N5O. The van der Waals surface area contributed by atoms with Crippen molar-refractivity contribution in [1.82, 2.24) is 20.1 Å². The maximum absolute atomic E-state index is 12.5. The molecule has 1 fully saturated rings. The highest BCUT2D eigenvalue weighted by molar-refractivity contribution is 5.98. The number of pyridine rings is 1. The molecule has 22 heavy (non-hydrogen) atoms. The van der Waals surface area contributed by atoms with E-state index in [0.29, 0.717) is 18.0 Å². The van der Waals surface area contributed by atoms with Crippen LogP contribution in [0.25, 0.3) is 11.0 Å². The van der Waals surface area contributed by atoms with E-state index in [1.165, 1.54) is 0 Å². The van der Waals surface area contributed by atoms with Crippen LogP contribution < -0.4 is 11.1 Å². The SMILES string of the molecule is Cc1nc2c(cnn2C(C)C)cc1C(=O)NC(CN)C1CC1. The summed E-state index contributed by atoms with van der Waals surface area (Å²) in [6.07, 6.45) is 4.07. The largest absolute Gasteiger partial charge is 0.348 e. The fourth-order valence-electron chi connectivity index (χ4n) is 2.79. The summed E-state index contributed by atoms with van der Waals surface area (Å²) in [5.74, 6) is 0.446. The minimum Gasteiger partial charge on any atom is -0.348 e. The molecule has 3 rings (SSSR count). The smallest absolute Gasteiger partial charge is 0.253 e. The van der Waals surface area contributed by atoms with Gasteiger partial charge in [-0.3, -0.25) is 4.79 Å². The molecule has 0 bridgehead atoms. The molecule has 3 N–H and O–H groups in total. The zero-order valence-electron chi connectivity index (χ0n) is 13.3. The number of rotatable bonds is 5. The number of fused-ring (bicyclic) bond motifs is 1. The van der Waals surface area contributed by atoms with Gasteiger partial charge in [0.1, 0.15) is 0 Å². The van der Waals surface area contributed by atoms with Crippen LogP contribution in [-0.2, 0) is 0 Å². The van der Waals surface area contributed by atoms with Gasteiger partial charge in [0.15, 0.2) is 5.65 Å². The minimum absolute atomic E-state index is 0.0704. The van der Waals surface area contributed by atoms with Crippen molar-refractivity contribution in [3.05, 3.63) is 23.5 Å². The van der Waals surface area contributed by atoms with Gasteiger partial charge in [-0.2, -0.15) is 5.10 Å². The Kier molecular flexibility index (Phi) is 3.87. The van der Waals surface area contributed by atoms with E-state index < -0.39 is 0 Å². The summed E-state index contributed by atoms with van der Waals surface area (Å²) in [6.45, 7) is 6.47. The van der Waals surface area contributed by atoms with Gasteiger partial charge in [0.05, 0.1) is 17.5 Å². The van der Waals surface area contributed by atoms with Gasteiger partial charge in [0.2, 0.25) is 0 Å². The zero-order chi connectivity index (χ0) is 15.9. The molecule has 1 saturated carbocycles. The van der Waals surface area contributed by atoms with Crippen LogP contribution >= 0.6 is 0 Å². The predicted molar refractivity (Wildman–Crippen MR) is 85.7 cm³/mol. The summed E-state index contributed by atoms with van der Waals surface area (Å²) >= 11 is 0. The number of aromatic nitrogens is 3. The fourth-order valence-corrected chi connectivity index (χ4v) is 2.79. The average Bonchev–Trinajstić information content (AvgIpc) is 3.23. The standard InChI is InChI=1S/C16H23N5O/c1-9(2)21-15-12(8-18-21)6-13(10(3)19-15)16(22)20-14(7-17)11-4-5-11/h6,8-9,11,14H,4-5,7,17H2,1-3H3,(H,20,22). The third kappa shape index (κ3) is 2.70. The van der Waals surface area contributed by atoms with Crippen LogP contribution in [0.3, 0.4) is 0 Å². The van der Waals surface area contributed by atoms with Gasteiger partial charge in [-0.15, -0.1) is 0 Å². The van der Waals surface area contributed by atoms with E-state index in [1.54, 1.807) is 6.20 Å². The van der Waals surface area contributed by atoms with Gasteiger partial charge < -0.3 is 11.1 Å². The van der Waals surface area contributed by atoms with Crippen molar-refractivity contribution in [2.75, 3.05) is 6.54 Å². The number of nitrogens with zero attached hydrogens (tertiary/aromatic N) is 3. The molecule has 1 aliphatic rings. The number of aryl methyl sites for hydroxylation is 1. The topological polar surface area (TPSA) is 85.8 Å². The van der Waals surface area contributed by atoms with Gasteiger partial charge in [-0.25, -0.2) is 9.67 Å². The van der Waals surface area contributed by atoms with E-state index in [0.717, 1.165) is 29.6 Å². The zero-order valence-corrected chi connectivity index (χ0v) is 13.3. The highest BCUT2D eigenvalue weighted by Crippen LogP contribution is 2.32. The Morgan fingerprint density at radius 2 is 2.23 bits per heavy atom. The molecule has 2 heterocycles. The minimum atomic E-state index is -0.0912. The Hall–Kier alpha value is -1.95. The molecule has 118 valence electrons. The average molecular weight is 301 g/mol. The number of amides is 1. The lowest BCUT2D eigenvalue weighted by molar-refractivity contribution is 0.0932. The molecule has 0 spiro atoms. The maximum atomic E-state index is 12.5. The summed E-state index contributed by atoms with van der Waals surface area (Å²) < 4.78 is 1.87. The van der Waals surface area contributed by atoms with Crippen LogP contribution in [0.1, 0.15) is 48.8 Å². The highest BCUT2D eigenvalue weighted by Gasteiger charge is 2.31. The highest BCUT2D eigenvalue weighted by atomic mass is 16.1. The molecule has 1 amide bonds. The number of hydrogen-bond donors (Lipinski definition) is 2. The molecule has 1 atom stereocenters.